The molecule has 0 amide bonds. The maximum Gasteiger partial charge on any atom is 0.348 e. The van der Waals surface area contributed by atoms with Crippen molar-refractivity contribution in [1.82, 2.24) is 19.7 Å². The molecule has 6 heteroatoms. The summed E-state index contributed by atoms with van der Waals surface area (Å²) in [6.07, 6.45) is 9.26. The van der Waals surface area contributed by atoms with Gasteiger partial charge in [0, 0.05) is 23.5 Å². The molecule has 1 atom stereocenters. The van der Waals surface area contributed by atoms with E-state index in [1.54, 1.807) is 0 Å². The minimum absolute atomic E-state index is 0.147. The number of likely N-dealkylation sites (tertiary alicyclic amines) is 1. The fourth-order valence-corrected chi connectivity index (χ4v) is 4.73. The Labute approximate surface area is 162 Å². The zero-order valence-corrected chi connectivity index (χ0v) is 16.7. The van der Waals surface area contributed by atoms with Crippen molar-refractivity contribution in [3.63, 3.8) is 0 Å². The Balaban J connectivity index is 1.46. The summed E-state index contributed by atoms with van der Waals surface area (Å²) in [7, 11) is 0. The Morgan fingerprint density at radius 1 is 1.08 bits per heavy atom. The van der Waals surface area contributed by atoms with E-state index in [1.165, 1.54) is 56.3 Å². The highest BCUT2D eigenvalue weighted by atomic mass is 79.9. The molecule has 1 aliphatic carbocycles. The Bertz CT molecular complexity index is 776. The first-order valence-electron chi connectivity index (χ1n) is 9.86. The van der Waals surface area contributed by atoms with Crippen LogP contribution < -0.4 is 5.69 Å². The van der Waals surface area contributed by atoms with E-state index in [4.69, 9.17) is 0 Å². The highest BCUT2D eigenvalue weighted by molar-refractivity contribution is 9.10. The van der Waals surface area contributed by atoms with Crippen molar-refractivity contribution < 1.29 is 0 Å². The third-order valence-corrected chi connectivity index (χ3v) is 6.37. The van der Waals surface area contributed by atoms with E-state index < -0.39 is 0 Å². The lowest BCUT2D eigenvalue weighted by Crippen LogP contribution is -2.38. The van der Waals surface area contributed by atoms with E-state index >= 15 is 0 Å². The second-order valence-corrected chi connectivity index (χ2v) is 8.72. The van der Waals surface area contributed by atoms with Crippen LogP contribution in [0.1, 0.15) is 56.7 Å². The number of rotatable bonds is 4. The SMILES string of the molecule is O=c1[nH]c([C@H]2CCCN(CC3CCCCC3)C2)nn1-c1ccc(Br)cc1. The Morgan fingerprint density at radius 3 is 2.62 bits per heavy atom. The fraction of sp³-hybridized carbons (Fsp3) is 0.600. The molecule has 1 aromatic heterocycles. The standard InChI is InChI=1S/C20H27BrN4O/c21-17-8-10-18(11-9-17)25-20(26)22-19(23-25)16-7-4-12-24(14-16)13-15-5-2-1-3-6-15/h8-11,15-16H,1-7,12-14H2,(H,22,23,26)/t16-/m0/s1. The zero-order valence-electron chi connectivity index (χ0n) is 15.2. The van der Waals surface area contributed by atoms with Gasteiger partial charge in [-0.05, 0) is 62.4 Å². The minimum Gasteiger partial charge on any atom is -0.302 e. The quantitative estimate of drug-likeness (QED) is 0.813. The topological polar surface area (TPSA) is 53.9 Å². The van der Waals surface area contributed by atoms with Crippen LogP contribution in [0.3, 0.4) is 0 Å². The molecule has 5 nitrogen and oxygen atoms in total. The highest BCUT2D eigenvalue weighted by Gasteiger charge is 2.26. The molecule has 140 valence electrons. The van der Waals surface area contributed by atoms with Gasteiger partial charge >= 0.3 is 5.69 Å². The number of benzene rings is 1. The lowest BCUT2D eigenvalue weighted by atomic mass is 9.88. The zero-order chi connectivity index (χ0) is 17.9. The van der Waals surface area contributed by atoms with Gasteiger partial charge in [-0.25, -0.2) is 4.79 Å². The van der Waals surface area contributed by atoms with Crippen LogP contribution in [-0.2, 0) is 0 Å². The van der Waals surface area contributed by atoms with Crippen LogP contribution in [0.2, 0.25) is 0 Å². The third-order valence-electron chi connectivity index (χ3n) is 5.84. The molecule has 26 heavy (non-hydrogen) atoms. The second kappa shape index (κ2) is 8.09. The average Bonchev–Trinajstić information content (AvgIpc) is 3.05. The van der Waals surface area contributed by atoms with Gasteiger partial charge in [0.25, 0.3) is 0 Å². The van der Waals surface area contributed by atoms with Crippen molar-refractivity contribution in [2.24, 2.45) is 5.92 Å². The molecule has 1 saturated heterocycles. The van der Waals surface area contributed by atoms with E-state index in [-0.39, 0.29) is 5.69 Å². The Kier molecular flexibility index (Phi) is 5.60. The van der Waals surface area contributed by atoms with Gasteiger partial charge in [0.1, 0.15) is 5.82 Å². The molecule has 1 saturated carbocycles. The van der Waals surface area contributed by atoms with Crippen LogP contribution in [0.15, 0.2) is 33.5 Å². The molecule has 2 aliphatic rings. The molecule has 2 aromatic rings. The first-order chi connectivity index (χ1) is 12.7. The van der Waals surface area contributed by atoms with Crippen LogP contribution >= 0.6 is 15.9 Å². The van der Waals surface area contributed by atoms with Gasteiger partial charge < -0.3 is 4.90 Å². The maximum absolute atomic E-state index is 12.4. The van der Waals surface area contributed by atoms with Crippen molar-refractivity contribution in [1.29, 1.82) is 0 Å². The monoisotopic (exact) mass is 418 g/mol. The van der Waals surface area contributed by atoms with Crippen LogP contribution in [0.4, 0.5) is 0 Å². The van der Waals surface area contributed by atoms with Gasteiger partial charge in [0.05, 0.1) is 5.69 Å². The Morgan fingerprint density at radius 2 is 1.85 bits per heavy atom. The fourth-order valence-electron chi connectivity index (χ4n) is 4.46. The van der Waals surface area contributed by atoms with Crippen molar-refractivity contribution in [3.05, 3.63) is 45.0 Å². The average molecular weight is 419 g/mol. The first kappa shape index (κ1) is 18.0. The second-order valence-electron chi connectivity index (χ2n) is 7.81. The number of nitrogens with one attached hydrogen (secondary N) is 1. The number of nitrogens with zero attached hydrogens (tertiary/aromatic N) is 3. The maximum atomic E-state index is 12.4. The molecule has 0 radical (unpaired) electrons. The van der Waals surface area contributed by atoms with Gasteiger partial charge in [0.15, 0.2) is 0 Å². The summed E-state index contributed by atoms with van der Waals surface area (Å²) in [6, 6.07) is 7.68. The minimum atomic E-state index is -0.147. The van der Waals surface area contributed by atoms with Crippen LogP contribution in [-0.4, -0.2) is 39.3 Å². The molecule has 0 bridgehead atoms. The van der Waals surface area contributed by atoms with E-state index in [1.807, 2.05) is 24.3 Å². The van der Waals surface area contributed by atoms with Gasteiger partial charge in [-0.3, -0.25) is 4.98 Å². The molecular weight excluding hydrogens is 392 g/mol. The summed E-state index contributed by atoms with van der Waals surface area (Å²) in [5, 5.41) is 4.62. The van der Waals surface area contributed by atoms with Gasteiger partial charge in [-0.15, -0.1) is 5.10 Å². The number of halogens is 1. The molecule has 1 aliphatic heterocycles. The molecule has 0 unspecified atom stereocenters. The molecule has 1 aromatic carbocycles. The molecule has 1 N–H and O–H groups in total. The summed E-state index contributed by atoms with van der Waals surface area (Å²) in [5.74, 6) is 2.03. The summed E-state index contributed by atoms with van der Waals surface area (Å²) in [5.41, 5.74) is 0.655. The van der Waals surface area contributed by atoms with Crippen LogP contribution in [0.25, 0.3) is 5.69 Å². The smallest absolute Gasteiger partial charge is 0.302 e. The van der Waals surface area contributed by atoms with Crippen molar-refractivity contribution in [3.8, 4) is 5.69 Å². The predicted octanol–water partition coefficient (Wildman–Crippen LogP) is 4.08. The van der Waals surface area contributed by atoms with Crippen molar-refractivity contribution in [2.45, 2.75) is 50.9 Å². The number of aromatic nitrogens is 3. The van der Waals surface area contributed by atoms with Crippen molar-refractivity contribution in [2.75, 3.05) is 19.6 Å². The largest absolute Gasteiger partial charge is 0.348 e. The van der Waals surface area contributed by atoms with E-state index in [9.17, 15) is 4.79 Å². The lowest BCUT2D eigenvalue weighted by Gasteiger charge is -2.35. The number of hydrogen-bond acceptors (Lipinski definition) is 3. The molecule has 4 rings (SSSR count). The highest BCUT2D eigenvalue weighted by Crippen LogP contribution is 2.29. The number of hydrogen-bond donors (Lipinski definition) is 1. The molecule has 0 spiro atoms. The summed E-state index contributed by atoms with van der Waals surface area (Å²) < 4.78 is 2.48. The van der Waals surface area contributed by atoms with Gasteiger partial charge in [-0.1, -0.05) is 35.2 Å². The lowest BCUT2D eigenvalue weighted by molar-refractivity contribution is 0.158. The molecule has 2 heterocycles. The molecular formula is C20H27BrN4O. The third kappa shape index (κ3) is 4.12. The van der Waals surface area contributed by atoms with E-state index in [0.29, 0.717) is 5.92 Å². The number of aromatic amines is 1. The molecule has 2 fully saturated rings. The summed E-state index contributed by atoms with van der Waals surface area (Å²) >= 11 is 3.43. The van der Waals surface area contributed by atoms with Gasteiger partial charge in [0.2, 0.25) is 0 Å². The predicted molar refractivity (Wildman–Crippen MR) is 107 cm³/mol. The van der Waals surface area contributed by atoms with E-state index in [2.05, 4.69) is 30.9 Å². The van der Waals surface area contributed by atoms with Gasteiger partial charge in [-0.2, -0.15) is 4.68 Å². The number of piperidine rings is 1. The summed E-state index contributed by atoms with van der Waals surface area (Å²) in [4.78, 5) is 18.0. The number of H-pyrrole nitrogens is 1. The van der Waals surface area contributed by atoms with Crippen LogP contribution in [0.5, 0.6) is 0 Å². The van der Waals surface area contributed by atoms with Crippen molar-refractivity contribution >= 4 is 15.9 Å². The summed E-state index contributed by atoms with van der Waals surface area (Å²) in [6.45, 7) is 3.42. The normalized spacial score (nSPS) is 22.6. The van der Waals surface area contributed by atoms with E-state index in [0.717, 1.165) is 34.9 Å². The van der Waals surface area contributed by atoms with Crippen LogP contribution in [0, 0.1) is 5.92 Å². The Hall–Kier alpha value is -1.40. The first-order valence-corrected chi connectivity index (χ1v) is 10.7.